The minimum absolute atomic E-state index is 0.221. The molecule has 0 bridgehead atoms. The van der Waals surface area contributed by atoms with Gasteiger partial charge in [-0.25, -0.2) is 4.98 Å². The number of nitrogens with two attached hydrogens (primary N) is 1. The van der Waals surface area contributed by atoms with E-state index in [4.69, 9.17) is 15.2 Å². The number of pyridine rings is 1. The van der Waals surface area contributed by atoms with Gasteiger partial charge in [-0.1, -0.05) is 60.7 Å². The molecule has 1 aromatic heterocycles. The molecule has 7 heteroatoms. The first kappa shape index (κ1) is 20.4. The lowest BCUT2D eigenvalue weighted by Gasteiger charge is -2.33. The molecule has 0 radical (unpaired) electrons. The molecule has 158 valence electrons. The minimum Gasteiger partial charge on any atom is -0.472 e. The summed E-state index contributed by atoms with van der Waals surface area (Å²) in [7, 11) is 0. The highest BCUT2D eigenvalue weighted by molar-refractivity contribution is 6.02. The summed E-state index contributed by atoms with van der Waals surface area (Å²) in [4.78, 5) is 31.1. The first-order valence-corrected chi connectivity index (χ1v) is 10.1. The number of aromatic nitrogens is 1. The van der Waals surface area contributed by atoms with Crippen LogP contribution in [0.3, 0.4) is 0 Å². The fourth-order valence-electron chi connectivity index (χ4n) is 3.43. The molecule has 3 aromatic rings. The van der Waals surface area contributed by atoms with Crippen LogP contribution in [0.1, 0.15) is 23.7 Å². The largest absolute Gasteiger partial charge is 0.472 e. The van der Waals surface area contributed by atoms with Crippen LogP contribution in [0.15, 0.2) is 72.8 Å². The van der Waals surface area contributed by atoms with Crippen LogP contribution in [0.2, 0.25) is 0 Å². The molecule has 1 amide bonds. The standard InChI is InChI=1S/C24H23N3O4/c25-20-14-13-19-23(26-20)27(24(29)22(31-19)18-11-5-2-6-12-18)16-21(28)30-15-7-10-17-8-3-1-4-9-17/h1-6,8-9,11-14,22H,7,10,15-16H2,(H2,25,26). The second-order valence-corrected chi connectivity index (χ2v) is 7.20. The molecule has 0 saturated heterocycles. The van der Waals surface area contributed by atoms with Crippen molar-refractivity contribution in [1.82, 2.24) is 4.98 Å². The zero-order chi connectivity index (χ0) is 21.6. The molecule has 2 N–H and O–H groups in total. The summed E-state index contributed by atoms with van der Waals surface area (Å²) < 4.78 is 11.3. The van der Waals surface area contributed by atoms with E-state index in [1.165, 1.54) is 10.5 Å². The van der Waals surface area contributed by atoms with Crippen molar-refractivity contribution in [2.75, 3.05) is 23.8 Å². The Bertz CT molecular complexity index is 1060. The molecular formula is C24H23N3O4. The van der Waals surface area contributed by atoms with Crippen molar-refractivity contribution in [2.24, 2.45) is 0 Å². The highest BCUT2D eigenvalue weighted by Gasteiger charge is 2.37. The Morgan fingerprint density at radius 1 is 1.03 bits per heavy atom. The lowest BCUT2D eigenvalue weighted by Crippen LogP contribution is -2.44. The van der Waals surface area contributed by atoms with Crippen molar-refractivity contribution in [3.8, 4) is 5.75 Å². The summed E-state index contributed by atoms with van der Waals surface area (Å²) in [6.45, 7) is 0.00586. The Hall–Kier alpha value is -3.87. The first-order chi connectivity index (χ1) is 15.1. The van der Waals surface area contributed by atoms with Crippen molar-refractivity contribution < 1.29 is 19.1 Å². The van der Waals surface area contributed by atoms with Gasteiger partial charge in [0.1, 0.15) is 12.4 Å². The maximum absolute atomic E-state index is 13.2. The van der Waals surface area contributed by atoms with E-state index < -0.39 is 18.0 Å². The fraction of sp³-hybridized carbons (Fsp3) is 0.208. The molecular weight excluding hydrogens is 394 g/mol. The van der Waals surface area contributed by atoms with Gasteiger partial charge in [0.05, 0.1) is 6.61 Å². The van der Waals surface area contributed by atoms with Gasteiger partial charge in [-0.3, -0.25) is 14.5 Å². The first-order valence-electron chi connectivity index (χ1n) is 10.1. The quantitative estimate of drug-likeness (QED) is 0.468. The Labute approximate surface area is 180 Å². The topological polar surface area (TPSA) is 94.8 Å². The second kappa shape index (κ2) is 9.30. The van der Waals surface area contributed by atoms with Crippen LogP contribution in [0.4, 0.5) is 11.6 Å². The fourth-order valence-corrected chi connectivity index (χ4v) is 3.43. The van der Waals surface area contributed by atoms with Crippen molar-refractivity contribution in [2.45, 2.75) is 18.9 Å². The maximum Gasteiger partial charge on any atom is 0.326 e. The molecule has 1 aliphatic heterocycles. The number of amides is 1. The molecule has 0 fully saturated rings. The normalized spacial score (nSPS) is 15.2. The second-order valence-electron chi connectivity index (χ2n) is 7.20. The van der Waals surface area contributed by atoms with Crippen LogP contribution in [-0.4, -0.2) is 30.0 Å². The zero-order valence-electron chi connectivity index (χ0n) is 16.9. The lowest BCUT2D eigenvalue weighted by molar-refractivity contribution is -0.143. The molecule has 7 nitrogen and oxygen atoms in total. The molecule has 2 heterocycles. The van der Waals surface area contributed by atoms with Gasteiger partial charge in [0, 0.05) is 5.56 Å². The Kier molecular flexibility index (Phi) is 6.12. The monoisotopic (exact) mass is 417 g/mol. The lowest BCUT2D eigenvalue weighted by atomic mass is 10.1. The van der Waals surface area contributed by atoms with Crippen LogP contribution in [-0.2, 0) is 20.7 Å². The number of carbonyl (C=O) groups excluding carboxylic acids is 2. The third kappa shape index (κ3) is 4.83. The van der Waals surface area contributed by atoms with Gasteiger partial charge in [-0.2, -0.15) is 0 Å². The molecule has 0 spiro atoms. The van der Waals surface area contributed by atoms with Gasteiger partial charge in [0.25, 0.3) is 5.91 Å². The predicted molar refractivity (Wildman–Crippen MR) is 117 cm³/mol. The molecule has 0 saturated carbocycles. The number of nitrogen functional groups attached to an aromatic ring is 1. The van der Waals surface area contributed by atoms with Gasteiger partial charge in [-0.15, -0.1) is 0 Å². The van der Waals surface area contributed by atoms with E-state index in [0.717, 1.165) is 6.42 Å². The number of esters is 1. The smallest absolute Gasteiger partial charge is 0.326 e. The molecule has 1 unspecified atom stereocenters. The number of hydrogen-bond donors (Lipinski definition) is 1. The van der Waals surface area contributed by atoms with E-state index in [-0.39, 0.29) is 24.8 Å². The number of hydrogen-bond acceptors (Lipinski definition) is 6. The summed E-state index contributed by atoms with van der Waals surface area (Å²) in [5.41, 5.74) is 7.67. The summed E-state index contributed by atoms with van der Waals surface area (Å²) in [5, 5.41) is 0. The van der Waals surface area contributed by atoms with Crippen LogP contribution in [0, 0.1) is 0 Å². The number of nitrogens with zero attached hydrogens (tertiary/aromatic N) is 2. The van der Waals surface area contributed by atoms with Gasteiger partial charge in [0.2, 0.25) is 6.10 Å². The Balaban J connectivity index is 1.44. The highest BCUT2D eigenvalue weighted by atomic mass is 16.5. The third-order valence-electron chi connectivity index (χ3n) is 4.96. The number of benzene rings is 2. The van der Waals surface area contributed by atoms with E-state index in [1.54, 1.807) is 24.3 Å². The Morgan fingerprint density at radius 2 is 1.74 bits per heavy atom. The highest BCUT2D eigenvalue weighted by Crippen LogP contribution is 2.37. The van der Waals surface area contributed by atoms with Crippen LogP contribution < -0.4 is 15.4 Å². The molecule has 4 rings (SSSR count). The van der Waals surface area contributed by atoms with Crippen molar-refractivity contribution in [3.05, 3.63) is 83.9 Å². The number of anilines is 2. The number of rotatable bonds is 7. The molecule has 1 aliphatic rings. The number of aryl methyl sites for hydroxylation is 1. The number of ether oxygens (including phenoxy) is 2. The van der Waals surface area contributed by atoms with Gasteiger partial charge in [-0.05, 0) is 30.5 Å². The number of carbonyl (C=O) groups is 2. The summed E-state index contributed by atoms with van der Waals surface area (Å²) in [5.74, 6) is -0.0594. The zero-order valence-corrected chi connectivity index (χ0v) is 16.9. The van der Waals surface area contributed by atoms with Crippen molar-refractivity contribution >= 4 is 23.5 Å². The summed E-state index contributed by atoms with van der Waals surface area (Å²) in [6.07, 6.45) is 0.632. The number of fused-ring (bicyclic) bond motifs is 1. The maximum atomic E-state index is 13.2. The van der Waals surface area contributed by atoms with E-state index in [9.17, 15) is 9.59 Å². The van der Waals surface area contributed by atoms with E-state index >= 15 is 0 Å². The third-order valence-corrected chi connectivity index (χ3v) is 4.96. The van der Waals surface area contributed by atoms with E-state index in [1.807, 2.05) is 48.5 Å². The Morgan fingerprint density at radius 3 is 2.48 bits per heavy atom. The van der Waals surface area contributed by atoms with E-state index in [0.29, 0.717) is 17.7 Å². The van der Waals surface area contributed by atoms with E-state index in [2.05, 4.69) is 4.98 Å². The molecule has 0 aliphatic carbocycles. The van der Waals surface area contributed by atoms with Crippen molar-refractivity contribution in [1.29, 1.82) is 0 Å². The van der Waals surface area contributed by atoms with Gasteiger partial charge < -0.3 is 15.2 Å². The minimum atomic E-state index is -0.870. The average molecular weight is 417 g/mol. The molecule has 2 aromatic carbocycles. The SMILES string of the molecule is Nc1ccc2c(n1)N(CC(=O)OCCCc1ccccc1)C(=O)C(c1ccccc1)O2. The predicted octanol–water partition coefficient (Wildman–Crippen LogP) is 3.31. The van der Waals surface area contributed by atoms with Crippen LogP contribution >= 0.6 is 0 Å². The van der Waals surface area contributed by atoms with Gasteiger partial charge >= 0.3 is 5.97 Å². The molecule has 31 heavy (non-hydrogen) atoms. The van der Waals surface area contributed by atoms with Crippen LogP contribution in [0.5, 0.6) is 5.75 Å². The average Bonchev–Trinajstić information content (AvgIpc) is 2.80. The summed E-state index contributed by atoms with van der Waals surface area (Å²) in [6, 6.07) is 22.3. The summed E-state index contributed by atoms with van der Waals surface area (Å²) >= 11 is 0. The van der Waals surface area contributed by atoms with Gasteiger partial charge in [0.15, 0.2) is 11.6 Å². The van der Waals surface area contributed by atoms with Crippen molar-refractivity contribution in [3.63, 3.8) is 0 Å². The molecule has 1 atom stereocenters. The van der Waals surface area contributed by atoms with Crippen LogP contribution in [0.25, 0.3) is 0 Å².